The highest BCUT2D eigenvalue weighted by molar-refractivity contribution is 7.90. The van der Waals surface area contributed by atoms with Crippen LogP contribution in [-0.2, 0) is 14.8 Å². The lowest BCUT2D eigenvalue weighted by molar-refractivity contribution is -0.115. The van der Waals surface area contributed by atoms with Crippen LogP contribution in [0.5, 0.6) is 0 Å². The van der Waals surface area contributed by atoms with E-state index >= 15 is 0 Å². The summed E-state index contributed by atoms with van der Waals surface area (Å²) >= 11 is 0. The highest BCUT2D eigenvalue weighted by atomic mass is 32.2. The molecule has 0 unspecified atom stereocenters. The fourth-order valence-electron chi connectivity index (χ4n) is 1.51. The minimum Gasteiger partial charge on any atom is -0.360 e. The van der Waals surface area contributed by atoms with Gasteiger partial charge in [0.1, 0.15) is 5.69 Å². The van der Waals surface area contributed by atoms with Gasteiger partial charge in [0.05, 0.1) is 0 Å². The number of nitrogens with zero attached hydrogens (tertiary/aromatic N) is 1. The lowest BCUT2D eigenvalue weighted by atomic mass is 10.2. The molecule has 6 nitrogen and oxygen atoms in total. The number of hydrogen-bond acceptors (Lipinski definition) is 5. The van der Waals surface area contributed by atoms with Gasteiger partial charge in [0, 0.05) is 5.57 Å². The maximum absolute atomic E-state index is 12.0. The lowest BCUT2D eigenvalue weighted by Gasteiger charge is -2.06. The molecule has 0 radical (unpaired) electrons. The Morgan fingerprint density at radius 1 is 1.44 bits per heavy atom. The van der Waals surface area contributed by atoms with Crippen molar-refractivity contribution in [3.63, 3.8) is 0 Å². The van der Waals surface area contributed by atoms with Crippen LogP contribution in [0.3, 0.4) is 0 Å². The van der Waals surface area contributed by atoms with Gasteiger partial charge in [-0.05, 0) is 27.2 Å². The van der Waals surface area contributed by atoms with Crippen molar-refractivity contribution in [2.45, 2.75) is 39.0 Å². The Hall–Kier alpha value is -1.63. The quantitative estimate of drug-likeness (QED) is 0.838. The molecule has 1 heterocycles. The first kappa shape index (κ1) is 14.4. The molecule has 7 heteroatoms. The van der Waals surface area contributed by atoms with Gasteiger partial charge in [0.15, 0.2) is 10.7 Å². The summed E-state index contributed by atoms with van der Waals surface area (Å²) in [6.07, 6.45) is 2.31. The van der Waals surface area contributed by atoms with E-state index in [2.05, 4.69) is 5.16 Å². The van der Waals surface area contributed by atoms with Crippen LogP contribution in [0.25, 0.3) is 0 Å². The smallest absolute Gasteiger partial charge is 0.269 e. The fraction of sp³-hybridized carbons (Fsp3) is 0.455. The molecule has 18 heavy (non-hydrogen) atoms. The van der Waals surface area contributed by atoms with E-state index in [9.17, 15) is 13.2 Å². The molecule has 1 aromatic heterocycles. The summed E-state index contributed by atoms with van der Waals surface area (Å²) in [7, 11) is -3.94. The topological polar surface area (TPSA) is 89.3 Å². The van der Waals surface area contributed by atoms with Crippen molar-refractivity contribution in [2.24, 2.45) is 0 Å². The molecule has 100 valence electrons. The summed E-state index contributed by atoms with van der Waals surface area (Å²) in [6, 6.07) is 0. The van der Waals surface area contributed by atoms with Crippen molar-refractivity contribution in [1.82, 2.24) is 9.88 Å². The Balaban J connectivity index is 3.04. The number of carbonyl (C=O) groups is 1. The van der Waals surface area contributed by atoms with Gasteiger partial charge >= 0.3 is 0 Å². The summed E-state index contributed by atoms with van der Waals surface area (Å²) in [4.78, 5) is 11.6. The van der Waals surface area contributed by atoms with Crippen LogP contribution in [0.15, 0.2) is 21.1 Å². The van der Waals surface area contributed by atoms with Crippen LogP contribution in [0.4, 0.5) is 0 Å². The van der Waals surface area contributed by atoms with Gasteiger partial charge in [0.25, 0.3) is 15.9 Å². The number of nitrogens with one attached hydrogen (secondary N) is 1. The number of aryl methyl sites for hydroxylation is 2. The Morgan fingerprint density at radius 2 is 2.06 bits per heavy atom. The van der Waals surface area contributed by atoms with E-state index < -0.39 is 15.9 Å². The Kier molecular flexibility index (Phi) is 4.28. The van der Waals surface area contributed by atoms with Crippen LogP contribution in [0.1, 0.15) is 31.7 Å². The second kappa shape index (κ2) is 5.34. The van der Waals surface area contributed by atoms with Gasteiger partial charge in [-0.2, -0.15) is 0 Å². The first-order valence-corrected chi connectivity index (χ1v) is 6.94. The maximum atomic E-state index is 12.0. The molecule has 0 fully saturated rings. The Labute approximate surface area is 106 Å². The summed E-state index contributed by atoms with van der Waals surface area (Å²) < 4.78 is 30.8. The highest BCUT2D eigenvalue weighted by Crippen LogP contribution is 2.18. The second-order valence-corrected chi connectivity index (χ2v) is 5.50. The van der Waals surface area contributed by atoms with E-state index in [4.69, 9.17) is 4.52 Å². The van der Waals surface area contributed by atoms with Crippen molar-refractivity contribution < 1.29 is 17.7 Å². The van der Waals surface area contributed by atoms with Crippen LogP contribution < -0.4 is 4.72 Å². The SMILES string of the molecule is CC/C=C(\C)C(=O)NS(=O)(=O)c1c(C)noc1C. The number of carbonyl (C=O) groups excluding carboxylic acids is 1. The van der Waals surface area contributed by atoms with Gasteiger partial charge in [-0.15, -0.1) is 0 Å². The van der Waals surface area contributed by atoms with Crippen LogP contribution in [0, 0.1) is 13.8 Å². The van der Waals surface area contributed by atoms with Crippen molar-refractivity contribution in [3.8, 4) is 0 Å². The number of hydrogen-bond donors (Lipinski definition) is 1. The normalized spacial score (nSPS) is 12.6. The summed E-state index contributed by atoms with van der Waals surface area (Å²) in [6.45, 7) is 6.40. The third-order valence-electron chi connectivity index (χ3n) is 2.33. The molecule has 0 aliphatic rings. The molecule has 0 saturated heterocycles. The monoisotopic (exact) mass is 272 g/mol. The predicted molar refractivity (Wildman–Crippen MR) is 65.4 cm³/mol. The van der Waals surface area contributed by atoms with Crippen LogP contribution in [-0.4, -0.2) is 19.5 Å². The minimum atomic E-state index is -3.94. The first-order valence-electron chi connectivity index (χ1n) is 5.46. The number of rotatable bonds is 4. The average Bonchev–Trinajstić information content (AvgIpc) is 2.58. The van der Waals surface area contributed by atoms with Gasteiger partial charge < -0.3 is 4.52 Å². The maximum Gasteiger partial charge on any atom is 0.269 e. The van der Waals surface area contributed by atoms with Crippen LogP contribution >= 0.6 is 0 Å². The highest BCUT2D eigenvalue weighted by Gasteiger charge is 2.26. The Morgan fingerprint density at radius 3 is 2.50 bits per heavy atom. The molecule has 0 aliphatic heterocycles. The predicted octanol–water partition coefficient (Wildman–Crippen LogP) is 1.45. The molecule has 1 rings (SSSR count). The lowest BCUT2D eigenvalue weighted by Crippen LogP contribution is -2.31. The first-order chi connectivity index (χ1) is 8.29. The molecule has 0 saturated carbocycles. The molecular formula is C11H16N2O4S. The number of allylic oxidation sites excluding steroid dienone is 1. The summed E-state index contributed by atoms with van der Waals surface area (Å²) in [5.74, 6) is -0.484. The van der Waals surface area contributed by atoms with Crippen molar-refractivity contribution in [1.29, 1.82) is 0 Å². The van der Waals surface area contributed by atoms with Gasteiger partial charge in [-0.25, -0.2) is 13.1 Å². The number of sulfonamides is 1. The fourth-order valence-corrected chi connectivity index (χ4v) is 2.86. The van der Waals surface area contributed by atoms with E-state index in [1.165, 1.54) is 13.8 Å². The van der Waals surface area contributed by atoms with Crippen molar-refractivity contribution in [2.75, 3.05) is 0 Å². The average molecular weight is 272 g/mol. The molecule has 1 amide bonds. The summed E-state index contributed by atoms with van der Waals surface area (Å²) in [5.41, 5.74) is 0.581. The Bertz CT molecular complexity index is 565. The number of aromatic nitrogens is 1. The largest absolute Gasteiger partial charge is 0.360 e. The van der Waals surface area contributed by atoms with E-state index in [0.29, 0.717) is 12.0 Å². The molecule has 0 aliphatic carbocycles. The zero-order valence-corrected chi connectivity index (χ0v) is 11.6. The third-order valence-corrected chi connectivity index (χ3v) is 3.91. The standard InChI is InChI=1S/C11H16N2O4S/c1-5-6-7(2)11(14)13-18(15,16)10-8(3)12-17-9(10)4/h6H,5H2,1-4H3,(H,13,14)/b7-6+. The molecule has 0 aromatic carbocycles. The minimum absolute atomic E-state index is 0.0832. The van der Waals surface area contributed by atoms with Gasteiger partial charge in [-0.1, -0.05) is 18.2 Å². The van der Waals surface area contributed by atoms with E-state index in [-0.39, 0.29) is 16.3 Å². The molecule has 0 spiro atoms. The zero-order valence-electron chi connectivity index (χ0n) is 10.8. The summed E-state index contributed by atoms with van der Waals surface area (Å²) in [5, 5.41) is 3.55. The van der Waals surface area contributed by atoms with E-state index in [0.717, 1.165) is 0 Å². The van der Waals surface area contributed by atoms with Gasteiger partial charge in [0.2, 0.25) is 0 Å². The number of amides is 1. The van der Waals surface area contributed by atoms with E-state index in [1.54, 1.807) is 13.0 Å². The van der Waals surface area contributed by atoms with Gasteiger partial charge in [-0.3, -0.25) is 4.79 Å². The molecule has 1 aromatic rings. The molecule has 0 bridgehead atoms. The van der Waals surface area contributed by atoms with Crippen LogP contribution in [0.2, 0.25) is 0 Å². The van der Waals surface area contributed by atoms with Crippen molar-refractivity contribution in [3.05, 3.63) is 23.1 Å². The van der Waals surface area contributed by atoms with E-state index in [1.807, 2.05) is 11.6 Å². The molecular weight excluding hydrogens is 256 g/mol. The zero-order chi connectivity index (χ0) is 13.9. The van der Waals surface area contributed by atoms with Crippen molar-refractivity contribution >= 4 is 15.9 Å². The molecule has 1 N–H and O–H groups in total. The second-order valence-electron chi connectivity index (χ2n) is 3.88. The third kappa shape index (κ3) is 2.98. The molecule has 0 atom stereocenters.